The van der Waals surface area contributed by atoms with Crippen molar-refractivity contribution in [3.63, 3.8) is 0 Å². The average molecular weight is 721 g/mol. The third-order valence-electron chi connectivity index (χ3n) is 10.5. The molecule has 0 fully saturated rings. The van der Waals surface area contributed by atoms with E-state index >= 15 is 7.61 Å². The summed E-state index contributed by atoms with van der Waals surface area (Å²) in [5.74, 6) is 0. The zero-order valence-corrected chi connectivity index (χ0v) is 32.3. The fourth-order valence-corrected chi connectivity index (χ4v) is 55.4. The van der Waals surface area contributed by atoms with Crippen molar-refractivity contribution in [3.05, 3.63) is 179 Å². The Balaban J connectivity index is 2.11. The molecule has 0 amide bonds. The first-order valence-electron chi connectivity index (χ1n) is 16.6. The van der Waals surface area contributed by atoms with Crippen LogP contribution in [0.1, 0.15) is 33.4 Å². The van der Waals surface area contributed by atoms with Crippen molar-refractivity contribution in [1.29, 1.82) is 0 Å². The molecule has 0 heterocycles. The van der Waals surface area contributed by atoms with Gasteiger partial charge in [0.15, 0.2) is 0 Å². The molecule has 0 saturated heterocycles. The molecule has 7 heteroatoms. The van der Waals surface area contributed by atoms with Crippen LogP contribution in [-0.2, 0) is 17.8 Å². The first kappa shape index (κ1) is 34.7. The fraction of sp³-hybridized carbons (Fsp3) is 0.143. The van der Waals surface area contributed by atoms with Crippen molar-refractivity contribution in [2.75, 3.05) is 0 Å². The van der Waals surface area contributed by atoms with E-state index in [1.807, 2.05) is 187 Å². The van der Waals surface area contributed by atoms with Gasteiger partial charge >= 0.3 is 291 Å². The van der Waals surface area contributed by atoms with E-state index in [1.165, 1.54) is 0 Å². The van der Waals surface area contributed by atoms with Gasteiger partial charge in [-0.3, -0.25) is 0 Å². The summed E-state index contributed by atoms with van der Waals surface area (Å²) in [7, 11) is -9.11. The fourth-order valence-electron chi connectivity index (χ4n) is 8.37. The van der Waals surface area contributed by atoms with Crippen LogP contribution in [0.25, 0.3) is 0 Å². The second-order valence-electron chi connectivity index (χ2n) is 13.5. The second kappa shape index (κ2) is 11.7. The van der Waals surface area contributed by atoms with Crippen LogP contribution in [-0.4, -0.2) is 21.6 Å². The molecule has 6 aromatic rings. The Labute approximate surface area is 289 Å². The van der Waals surface area contributed by atoms with E-state index in [1.54, 1.807) is 0 Å². The van der Waals surface area contributed by atoms with Crippen molar-refractivity contribution in [2.24, 2.45) is 0 Å². The molecule has 250 valence electrons. The van der Waals surface area contributed by atoms with E-state index in [9.17, 15) is 8.32 Å². The van der Waals surface area contributed by atoms with Gasteiger partial charge in [-0.25, -0.2) is 0 Å². The molecule has 0 radical (unpaired) electrons. The van der Waals surface area contributed by atoms with Crippen molar-refractivity contribution in [2.45, 2.75) is 41.5 Å². The number of hydrogen-bond acceptors (Lipinski definition) is 2. The molecule has 0 aliphatic rings. The normalized spacial score (nSPS) is 13.8. The van der Waals surface area contributed by atoms with Crippen molar-refractivity contribution < 1.29 is 26.1 Å². The van der Waals surface area contributed by atoms with E-state index < -0.39 is 23.4 Å². The molecular formula is C42H44CrO4Si2. The van der Waals surface area contributed by atoms with E-state index in [2.05, 4.69) is 0 Å². The Kier molecular flexibility index (Phi) is 8.28. The van der Waals surface area contributed by atoms with E-state index in [0.717, 1.165) is 0 Å². The topological polar surface area (TPSA) is 74.6 Å². The standard InChI is InChI=1S/2C21H21Si.Cr.2H2O.2O/c2*1-16-10-4-7-13-19(16)22(20-14-8-5-11-17(20)2)21-15-9-6-12-18(21)3;;;;;/h2*4-15H,1-3H3;;2*1H2;;/q;;+2;;;;/p-2. The van der Waals surface area contributed by atoms with Gasteiger partial charge < -0.3 is 0 Å². The third kappa shape index (κ3) is 4.69. The quantitative estimate of drug-likeness (QED) is 0.174. The molecule has 0 aliphatic heterocycles. The van der Waals surface area contributed by atoms with Crippen LogP contribution in [0.3, 0.4) is 0 Å². The number of benzene rings is 6. The summed E-state index contributed by atoms with van der Waals surface area (Å²) in [5.41, 5.74) is 4.09. The monoisotopic (exact) mass is 720 g/mol. The summed E-state index contributed by atoms with van der Waals surface area (Å²) in [6, 6.07) is 44.3. The Bertz CT molecular complexity index is 2040. The van der Waals surface area contributed by atoms with Gasteiger partial charge in [-0.2, -0.15) is 0 Å². The SMILES string of the molecule is Cc1ccccc1[Si](c1ccccc1C)(c1ccccc1C)[Cr](=[O])(=[O])([OH])([OH])[Si](c1ccccc1C)(c1ccccc1C)c1ccccc1C. The van der Waals surface area contributed by atoms with Gasteiger partial charge in [0, 0.05) is 0 Å². The minimum absolute atomic E-state index is 0.441. The summed E-state index contributed by atoms with van der Waals surface area (Å²) in [6.45, 7) is 1.18. The van der Waals surface area contributed by atoms with Crippen molar-refractivity contribution >= 4 is 44.4 Å². The predicted molar refractivity (Wildman–Crippen MR) is 202 cm³/mol. The van der Waals surface area contributed by atoms with Gasteiger partial charge in [0.25, 0.3) is 0 Å². The Morgan fingerprint density at radius 2 is 0.469 bits per heavy atom. The first-order chi connectivity index (χ1) is 23.1. The van der Waals surface area contributed by atoms with Gasteiger partial charge in [0.05, 0.1) is 0 Å². The van der Waals surface area contributed by atoms with E-state index in [4.69, 9.17) is 0 Å². The molecule has 2 N–H and O–H groups in total. The van der Waals surface area contributed by atoms with E-state index in [-0.39, 0.29) is 0 Å². The van der Waals surface area contributed by atoms with Gasteiger partial charge in [0.2, 0.25) is 0 Å². The van der Waals surface area contributed by atoms with Gasteiger partial charge in [0.1, 0.15) is 0 Å². The third-order valence-corrected chi connectivity index (χ3v) is 47.6. The molecule has 0 aromatic heterocycles. The Hall–Kier alpha value is -4.19. The van der Waals surface area contributed by atoms with Crippen LogP contribution in [0.2, 0.25) is 0 Å². The molecule has 0 spiro atoms. The van der Waals surface area contributed by atoms with Crippen LogP contribution in [0.15, 0.2) is 146 Å². The van der Waals surface area contributed by atoms with Crippen molar-refractivity contribution in [3.8, 4) is 0 Å². The molecule has 6 aromatic carbocycles. The molecular weight excluding hydrogens is 677 g/mol. The molecule has 0 bridgehead atoms. The number of rotatable bonds is 8. The molecule has 0 saturated carbocycles. The van der Waals surface area contributed by atoms with Crippen LogP contribution >= 0.6 is 0 Å². The van der Waals surface area contributed by atoms with Gasteiger partial charge in [-0.15, -0.1) is 0 Å². The molecule has 0 aliphatic carbocycles. The predicted octanol–water partition coefficient (Wildman–Crippen LogP) is 4.90. The summed E-state index contributed by atoms with van der Waals surface area (Å²) in [5, 5.41) is 2.65. The molecule has 6 rings (SSSR count). The summed E-state index contributed by atoms with van der Waals surface area (Å²) >= 11 is 0. The minimum atomic E-state index is -9.11. The summed E-state index contributed by atoms with van der Waals surface area (Å²) < 4.78 is 64.7. The number of hydrogen-bond donors (Lipinski definition) is 2. The van der Waals surface area contributed by atoms with Crippen LogP contribution in [0.4, 0.5) is 0 Å². The second-order valence-corrected chi connectivity index (χ2v) is 38.2. The average Bonchev–Trinajstić information content (AvgIpc) is 3.05. The van der Waals surface area contributed by atoms with Gasteiger partial charge in [-0.1, -0.05) is 0 Å². The molecule has 49 heavy (non-hydrogen) atoms. The summed E-state index contributed by atoms with van der Waals surface area (Å²) in [4.78, 5) is 0. The van der Waals surface area contributed by atoms with Crippen molar-refractivity contribution in [1.82, 2.24) is 0 Å². The Morgan fingerprint density at radius 3 is 0.612 bits per heavy atom. The molecule has 0 atom stereocenters. The maximum absolute atomic E-state index is 17.9. The zero-order chi connectivity index (χ0) is 35.3. The first-order valence-corrected chi connectivity index (χ1v) is 26.4. The van der Waals surface area contributed by atoms with Gasteiger partial charge in [-0.05, 0) is 0 Å². The molecule has 4 nitrogen and oxygen atoms in total. The van der Waals surface area contributed by atoms with Crippen LogP contribution in [0.5, 0.6) is 0 Å². The van der Waals surface area contributed by atoms with E-state index in [0.29, 0.717) is 64.5 Å². The Morgan fingerprint density at radius 1 is 0.327 bits per heavy atom. The molecule has 0 unspecified atom stereocenters. The van der Waals surface area contributed by atoms with Crippen LogP contribution < -0.4 is 31.1 Å². The maximum atomic E-state index is 17.9. The number of aryl methyl sites for hydroxylation is 6. The zero-order valence-electron chi connectivity index (χ0n) is 29.0. The summed E-state index contributed by atoms with van der Waals surface area (Å²) in [6.07, 6.45) is 0. The van der Waals surface area contributed by atoms with Crippen LogP contribution in [0, 0.1) is 41.5 Å².